The van der Waals surface area contributed by atoms with Crippen molar-refractivity contribution < 1.29 is 14.3 Å². The van der Waals surface area contributed by atoms with E-state index < -0.39 is 5.92 Å². The first kappa shape index (κ1) is 22.8. The van der Waals surface area contributed by atoms with Gasteiger partial charge in [-0.1, -0.05) is 6.07 Å². The Balaban J connectivity index is 1.22. The quantitative estimate of drug-likeness (QED) is 0.571. The van der Waals surface area contributed by atoms with Crippen LogP contribution in [0.3, 0.4) is 0 Å². The predicted molar refractivity (Wildman–Crippen MR) is 135 cm³/mol. The molecule has 5 rings (SSSR count). The molecule has 2 fully saturated rings. The van der Waals surface area contributed by atoms with Gasteiger partial charge in [-0.2, -0.15) is 0 Å². The van der Waals surface area contributed by atoms with Crippen molar-refractivity contribution in [1.29, 1.82) is 0 Å². The number of aryl methyl sites for hydroxylation is 2. The fraction of sp³-hybridized carbons (Fsp3) is 0.333. The topological polar surface area (TPSA) is 87.7 Å². The molecule has 0 saturated carbocycles. The minimum Gasteiger partial charge on any atom is -0.424 e. The first-order valence-electron chi connectivity index (χ1n) is 12.0. The molecule has 2 aromatic carbocycles. The number of anilines is 3. The van der Waals surface area contributed by atoms with Crippen LogP contribution in [0.25, 0.3) is 0 Å². The van der Waals surface area contributed by atoms with Crippen molar-refractivity contribution >= 4 is 28.9 Å². The fourth-order valence-corrected chi connectivity index (χ4v) is 4.68. The predicted octanol–water partition coefficient (Wildman–Crippen LogP) is 4.48. The summed E-state index contributed by atoms with van der Waals surface area (Å²) in [6.07, 6.45) is 2.63. The van der Waals surface area contributed by atoms with Gasteiger partial charge < -0.3 is 19.9 Å². The molecule has 3 aromatic rings. The Morgan fingerprint density at radius 1 is 0.971 bits per heavy atom. The molecule has 1 atom stereocenters. The average molecular weight is 472 g/mol. The summed E-state index contributed by atoms with van der Waals surface area (Å²) < 4.78 is 5.79. The molecule has 2 aliphatic rings. The van der Waals surface area contributed by atoms with Gasteiger partial charge in [-0.15, -0.1) is 0 Å². The molecule has 0 bridgehead atoms. The van der Waals surface area contributed by atoms with E-state index in [1.807, 2.05) is 32.0 Å². The molecule has 2 amide bonds. The Morgan fingerprint density at radius 3 is 2.37 bits per heavy atom. The van der Waals surface area contributed by atoms with Crippen molar-refractivity contribution in [1.82, 2.24) is 9.97 Å². The summed E-state index contributed by atoms with van der Waals surface area (Å²) in [6, 6.07) is 17.3. The van der Waals surface area contributed by atoms with Gasteiger partial charge in [0.15, 0.2) is 0 Å². The SMILES string of the molecule is Cc1cc(C)nc(Oc2cccc(NC(=O)C3CC(=O)N(c4ccc(N5CCCC5)cc4)C3)c2)n1. The standard InChI is InChI=1S/C27H29N5O3/c1-18-14-19(2)29-27(28-18)35-24-7-5-6-21(16-24)30-26(34)20-15-25(33)32(17-20)23-10-8-22(9-11-23)31-12-3-4-13-31/h5-11,14,16,20H,3-4,12-13,15,17H2,1-2H3,(H,30,34). The highest BCUT2D eigenvalue weighted by Crippen LogP contribution is 2.29. The van der Waals surface area contributed by atoms with Crippen LogP contribution >= 0.6 is 0 Å². The lowest BCUT2D eigenvalue weighted by Crippen LogP contribution is -2.28. The molecule has 1 N–H and O–H groups in total. The van der Waals surface area contributed by atoms with E-state index in [2.05, 4.69) is 32.3 Å². The maximum atomic E-state index is 13.0. The second-order valence-electron chi connectivity index (χ2n) is 9.17. The number of hydrogen-bond acceptors (Lipinski definition) is 6. The zero-order valence-electron chi connectivity index (χ0n) is 20.0. The molecular weight excluding hydrogens is 442 g/mol. The lowest BCUT2D eigenvalue weighted by atomic mass is 10.1. The average Bonchev–Trinajstić information content (AvgIpc) is 3.49. The van der Waals surface area contributed by atoms with E-state index in [-0.39, 0.29) is 24.2 Å². The third-order valence-electron chi connectivity index (χ3n) is 6.40. The second-order valence-corrected chi connectivity index (χ2v) is 9.17. The van der Waals surface area contributed by atoms with E-state index >= 15 is 0 Å². The third-order valence-corrected chi connectivity index (χ3v) is 6.40. The normalized spacial score (nSPS) is 17.7. The first-order chi connectivity index (χ1) is 16.9. The molecule has 0 radical (unpaired) electrons. The molecule has 1 aromatic heterocycles. The van der Waals surface area contributed by atoms with E-state index in [0.717, 1.165) is 30.2 Å². The number of aromatic nitrogens is 2. The Morgan fingerprint density at radius 2 is 1.66 bits per heavy atom. The van der Waals surface area contributed by atoms with E-state index in [0.29, 0.717) is 18.0 Å². The van der Waals surface area contributed by atoms with Crippen LogP contribution in [0, 0.1) is 19.8 Å². The van der Waals surface area contributed by atoms with Gasteiger partial charge in [0, 0.05) is 60.6 Å². The van der Waals surface area contributed by atoms with Crippen LogP contribution in [0.4, 0.5) is 17.1 Å². The minimum atomic E-state index is -0.423. The van der Waals surface area contributed by atoms with E-state index in [1.165, 1.54) is 18.5 Å². The maximum Gasteiger partial charge on any atom is 0.322 e. The van der Waals surface area contributed by atoms with Gasteiger partial charge in [-0.3, -0.25) is 9.59 Å². The molecule has 0 spiro atoms. The number of hydrogen-bond donors (Lipinski definition) is 1. The number of nitrogens with one attached hydrogen (secondary N) is 1. The molecular formula is C27H29N5O3. The number of ether oxygens (including phenoxy) is 1. The number of benzene rings is 2. The molecule has 0 aliphatic carbocycles. The minimum absolute atomic E-state index is 0.0388. The van der Waals surface area contributed by atoms with Gasteiger partial charge in [0.25, 0.3) is 0 Å². The van der Waals surface area contributed by atoms with Gasteiger partial charge in [0.05, 0.1) is 5.92 Å². The Bertz CT molecular complexity index is 1220. The molecule has 1 unspecified atom stereocenters. The van der Waals surface area contributed by atoms with Crippen molar-refractivity contribution in [2.45, 2.75) is 33.1 Å². The van der Waals surface area contributed by atoms with E-state index in [4.69, 9.17) is 4.74 Å². The van der Waals surface area contributed by atoms with Crippen LogP contribution in [0.5, 0.6) is 11.8 Å². The number of amides is 2. The highest BCUT2D eigenvalue weighted by molar-refractivity contribution is 6.03. The van der Waals surface area contributed by atoms with Gasteiger partial charge in [0.2, 0.25) is 11.8 Å². The van der Waals surface area contributed by atoms with E-state index in [9.17, 15) is 9.59 Å². The summed E-state index contributed by atoms with van der Waals surface area (Å²) in [5.41, 5.74) is 4.24. The third kappa shape index (κ3) is 5.26. The zero-order valence-corrected chi connectivity index (χ0v) is 20.0. The molecule has 2 saturated heterocycles. The Kier molecular flexibility index (Phi) is 6.35. The highest BCUT2D eigenvalue weighted by atomic mass is 16.5. The van der Waals surface area contributed by atoms with Gasteiger partial charge in [0.1, 0.15) is 5.75 Å². The second kappa shape index (κ2) is 9.74. The van der Waals surface area contributed by atoms with E-state index in [1.54, 1.807) is 29.2 Å². The van der Waals surface area contributed by atoms with Crippen molar-refractivity contribution in [2.24, 2.45) is 5.92 Å². The highest BCUT2D eigenvalue weighted by Gasteiger charge is 2.35. The molecule has 8 heteroatoms. The zero-order chi connectivity index (χ0) is 24.4. The lowest BCUT2D eigenvalue weighted by Gasteiger charge is -2.20. The van der Waals surface area contributed by atoms with Crippen molar-refractivity contribution in [3.63, 3.8) is 0 Å². The number of rotatable bonds is 6. The largest absolute Gasteiger partial charge is 0.424 e. The molecule has 180 valence electrons. The van der Waals surface area contributed by atoms with Crippen LogP contribution in [0.1, 0.15) is 30.7 Å². The van der Waals surface area contributed by atoms with Crippen LogP contribution in [-0.2, 0) is 9.59 Å². The van der Waals surface area contributed by atoms with Gasteiger partial charge in [-0.05, 0) is 69.2 Å². The van der Waals surface area contributed by atoms with Crippen molar-refractivity contribution in [3.8, 4) is 11.8 Å². The molecule has 35 heavy (non-hydrogen) atoms. The fourth-order valence-electron chi connectivity index (χ4n) is 4.68. The van der Waals surface area contributed by atoms with Crippen LogP contribution in [0.2, 0.25) is 0 Å². The molecule has 3 heterocycles. The van der Waals surface area contributed by atoms with Crippen LogP contribution in [0.15, 0.2) is 54.6 Å². The first-order valence-corrected chi connectivity index (χ1v) is 12.0. The van der Waals surface area contributed by atoms with Gasteiger partial charge in [-0.25, -0.2) is 9.97 Å². The van der Waals surface area contributed by atoms with Gasteiger partial charge >= 0.3 is 6.01 Å². The smallest absolute Gasteiger partial charge is 0.322 e. The summed E-state index contributed by atoms with van der Waals surface area (Å²) in [7, 11) is 0. The Hall–Kier alpha value is -3.94. The monoisotopic (exact) mass is 471 g/mol. The summed E-state index contributed by atoms with van der Waals surface area (Å²) >= 11 is 0. The Labute approximate surface area is 204 Å². The summed E-state index contributed by atoms with van der Waals surface area (Å²) in [6.45, 7) is 6.28. The van der Waals surface area contributed by atoms with Crippen molar-refractivity contribution in [3.05, 3.63) is 66.0 Å². The van der Waals surface area contributed by atoms with Crippen LogP contribution < -0.4 is 19.9 Å². The summed E-state index contributed by atoms with van der Waals surface area (Å²) in [5, 5.41) is 2.93. The maximum absolute atomic E-state index is 13.0. The summed E-state index contributed by atoms with van der Waals surface area (Å²) in [5.74, 6) is -0.124. The number of carbonyl (C=O) groups is 2. The van der Waals surface area contributed by atoms with Crippen LogP contribution in [-0.4, -0.2) is 41.4 Å². The molecule has 8 nitrogen and oxygen atoms in total. The number of carbonyl (C=O) groups excluding carboxylic acids is 2. The molecule has 2 aliphatic heterocycles. The lowest BCUT2D eigenvalue weighted by molar-refractivity contribution is -0.122. The number of nitrogens with zero attached hydrogens (tertiary/aromatic N) is 4. The van der Waals surface area contributed by atoms with Crippen molar-refractivity contribution in [2.75, 3.05) is 34.8 Å². The summed E-state index contributed by atoms with van der Waals surface area (Å²) in [4.78, 5) is 38.3.